The number of rotatable bonds is 9. The second-order valence-corrected chi connectivity index (χ2v) is 8.12. The molecule has 4 aromatic carbocycles. The van der Waals surface area contributed by atoms with Gasteiger partial charge in [0.2, 0.25) is 0 Å². The van der Waals surface area contributed by atoms with Crippen LogP contribution in [0.2, 0.25) is 0 Å². The Morgan fingerprint density at radius 2 is 1.65 bits per heavy atom. The molecule has 172 valence electrons. The number of para-hydroxylation sites is 1. The molecule has 4 aromatic rings. The van der Waals surface area contributed by atoms with Crippen LogP contribution in [0.3, 0.4) is 0 Å². The third kappa shape index (κ3) is 5.60. The topological polar surface area (TPSA) is 61.8 Å². The zero-order valence-corrected chi connectivity index (χ0v) is 18.6. The standard InChI is InChI=1S/C26H20F2N2O3S/c27-20-7-4-6-18(12-20)16-30(22-9-5-8-21(28)15-22)24-13-19(17-31)14-25(34-29-32)26(24)33-23-10-2-1-3-11-23/h1-15,17,29,32H,16H2. The Bertz CT molecular complexity index is 1290. The van der Waals surface area contributed by atoms with E-state index in [4.69, 9.17) is 4.74 Å². The van der Waals surface area contributed by atoms with Crippen molar-refractivity contribution in [3.63, 3.8) is 0 Å². The quantitative estimate of drug-likeness (QED) is 0.155. The van der Waals surface area contributed by atoms with Crippen LogP contribution in [0, 0.1) is 11.6 Å². The molecule has 0 unspecified atom stereocenters. The van der Waals surface area contributed by atoms with Gasteiger partial charge in [-0.1, -0.05) is 36.4 Å². The van der Waals surface area contributed by atoms with E-state index in [0.29, 0.717) is 45.2 Å². The van der Waals surface area contributed by atoms with Crippen LogP contribution < -0.4 is 14.5 Å². The highest BCUT2D eigenvalue weighted by Gasteiger charge is 2.22. The van der Waals surface area contributed by atoms with Gasteiger partial charge in [-0.25, -0.2) is 8.78 Å². The van der Waals surface area contributed by atoms with Crippen LogP contribution in [0.1, 0.15) is 15.9 Å². The van der Waals surface area contributed by atoms with Gasteiger partial charge in [-0.05, 0) is 72.1 Å². The Balaban J connectivity index is 1.92. The van der Waals surface area contributed by atoms with Crippen LogP contribution in [0.25, 0.3) is 0 Å². The molecular weight excluding hydrogens is 458 g/mol. The van der Waals surface area contributed by atoms with Crippen LogP contribution in [0.4, 0.5) is 20.2 Å². The summed E-state index contributed by atoms with van der Waals surface area (Å²) >= 11 is 0.850. The maximum atomic E-state index is 14.2. The largest absolute Gasteiger partial charge is 0.454 e. The van der Waals surface area contributed by atoms with Crippen molar-refractivity contribution in [1.82, 2.24) is 4.89 Å². The highest BCUT2D eigenvalue weighted by molar-refractivity contribution is 7.97. The number of benzene rings is 4. The summed E-state index contributed by atoms with van der Waals surface area (Å²) in [5.74, 6) is -0.0124. The molecule has 0 bridgehead atoms. The monoisotopic (exact) mass is 478 g/mol. The highest BCUT2D eigenvalue weighted by atomic mass is 32.2. The number of hydrogen-bond donors (Lipinski definition) is 2. The van der Waals surface area contributed by atoms with Crippen molar-refractivity contribution in [2.45, 2.75) is 11.4 Å². The van der Waals surface area contributed by atoms with E-state index in [-0.39, 0.29) is 6.54 Å². The highest BCUT2D eigenvalue weighted by Crippen LogP contribution is 2.44. The third-order valence-corrected chi connectivity index (χ3v) is 5.57. The molecule has 0 heterocycles. The Hall–Kier alpha value is -3.72. The number of anilines is 2. The molecule has 0 saturated carbocycles. The zero-order valence-electron chi connectivity index (χ0n) is 17.8. The molecule has 0 fully saturated rings. The van der Waals surface area contributed by atoms with Crippen molar-refractivity contribution < 1.29 is 23.5 Å². The lowest BCUT2D eigenvalue weighted by Gasteiger charge is -2.28. The van der Waals surface area contributed by atoms with Crippen molar-refractivity contribution in [3.8, 4) is 11.5 Å². The van der Waals surface area contributed by atoms with E-state index in [9.17, 15) is 18.8 Å². The van der Waals surface area contributed by atoms with E-state index in [1.165, 1.54) is 24.3 Å². The van der Waals surface area contributed by atoms with Gasteiger partial charge in [0.25, 0.3) is 0 Å². The molecule has 0 saturated heterocycles. The molecule has 8 heteroatoms. The van der Waals surface area contributed by atoms with Crippen molar-refractivity contribution in [2.75, 3.05) is 4.90 Å². The first-order valence-electron chi connectivity index (χ1n) is 10.3. The van der Waals surface area contributed by atoms with Crippen molar-refractivity contribution >= 4 is 29.6 Å². The lowest BCUT2D eigenvalue weighted by molar-refractivity contribution is 0.112. The van der Waals surface area contributed by atoms with Crippen LogP contribution >= 0.6 is 11.9 Å². The molecule has 5 nitrogen and oxygen atoms in total. The fourth-order valence-electron chi connectivity index (χ4n) is 3.49. The SMILES string of the molecule is O=Cc1cc(SNO)c(Oc2ccccc2)c(N(Cc2cccc(F)c2)c2cccc(F)c2)c1. The molecule has 0 aliphatic carbocycles. The lowest BCUT2D eigenvalue weighted by atomic mass is 10.1. The van der Waals surface area contributed by atoms with Crippen LogP contribution in [-0.2, 0) is 6.54 Å². The van der Waals surface area contributed by atoms with E-state index in [1.54, 1.807) is 53.4 Å². The molecule has 0 atom stereocenters. The van der Waals surface area contributed by atoms with E-state index in [1.807, 2.05) is 23.1 Å². The number of ether oxygens (including phenoxy) is 1. The maximum Gasteiger partial charge on any atom is 0.166 e. The van der Waals surface area contributed by atoms with Crippen molar-refractivity contribution in [1.29, 1.82) is 0 Å². The summed E-state index contributed by atoms with van der Waals surface area (Å²) in [6, 6.07) is 24.2. The van der Waals surface area contributed by atoms with E-state index in [2.05, 4.69) is 0 Å². The summed E-state index contributed by atoms with van der Waals surface area (Å²) in [6.45, 7) is 0.158. The van der Waals surface area contributed by atoms with Crippen LogP contribution in [0.5, 0.6) is 11.5 Å². The average Bonchev–Trinajstić information content (AvgIpc) is 2.84. The van der Waals surface area contributed by atoms with E-state index < -0.39 is 11.6 Å². The number of nitrogens with one attached hydrogen (secondary N) is 1. The minimum Gasteiger partial charge on any atom is -0.454 e. The predicted octanol–water partition coefficient (Wildman–Crippen LogP) is 6.89. The van der Waals surface area contributed by atoms with Gasteiger partial charge in [0.15, 0.2) is 5.75 Å². The number of halogens is 2. The average molecular weight is 479 g/mol. The molecule has 0 amide bonds. The molecule has 0 aliphatic rings. The lowest BCUT2D eigenvalue weighted by Crippen LogP contribution is -2.18. The van der Waals surface area contributed by atoms with Crippen LogP contribution in [-0.4, -0.2) is 11.5 Å². The van der Waals surface area contributed by atoms with Crippen LogP contribution in [0.15, 0.2) is 95.9 Å². The van der Waals surface area contributed by atoms with E-state index in [0.717, 1.165) is 11.9 Å². The van der Waals surface area contributed by atoms with Gasteiger partial charge in [-0.2, -0.15) is 0 Å². The fraction of sp³-hybridized carbons (Fsp3) is 0.0385. The minimum absolute atomic E-state index is 0.158. The fourth-order valence-corrected chi connectivity index (χ4v) is 4.02. The maximum absolute atomic E-state index is 14.2. The Morgan fingerprint density at radius 3 is 2.32 bits per heavy atom. The number of hydrogen-bond acceptors (Lipinski definition) is 6. The van der Waals surface area contributed by atoms with Gasteiger partial charge >= 0.3 is 0 Å². The molecule has 4 rings (SSSR count). The summed E-state index contributed by atoms with van der Waals surface area (Å²) in [7, 11) is 0. The number of carbonyl (C=O) groups excluding carboxylic acids is 1. The van der Waals surface area contributed by atoms with Gasteiger partial charge in [0.1, 0.15) is 23.7 Å². The summed E-state index contributed by atoms with van der Waals surface area (Å²) < 4.78 is 34.4. The first kappa shape index (κ1) is 23.4. The minimum atomic E-state index is -0.453. The van der Waals surface area contributed by atoms with Crippen molar-refractivity contribution in [2.24, 2.45) is 0 Å². The van der Waals surface area contributed by atoms with Crippen molar-refractivity contribution in [3.05, 3.63) is 114 Å². The smallest absolute Gasteiger partial charge is 0.166 e. The Labute approximate surface area is 199 Å². The Kier molecular flexibility index (Phi) is 7.54. The van der Waals surface area contributed by atoms with Gasteiger partial charge < -0.3 is 14.8 Å². The molecule has 2 N–H and O–H groups in total. The van der Waals surface area contributed by atoms with Gasteiger partial charge in [0.05, 0.1) is 10.6 Å². The predicted molar refractivity (Wildman–Crippen MR) is 128 cm³/mol. The first-order valence-corrected chi connectivity index (χ1v) is 11.1. The normalized spacial score (nSPS) is 10.7. The third-order valence-electron chi connectivity index (χ3n) is 4.95. The molecule has 0 radical (unpaired) electrons. The molecule has 34 heavy (non-hydrogen) atoms. The first-order chi connectivity index (χ1) is 16.6. The molecular formula is C26H20F2N2O3S. The summed E-state index contributed by atoms with van der Waals surface area (Å²) in [5, 5.41) is 9.39. The van der Waals surface area contributed by atoms with Gasteiger partial charge in [-0.15, -0.1) is 4.89 Å². The summed E-state index contributed by atoms with van der Waals surface area (Å²) in [5.41, 5.74) is 1.84. The molecule has 0 aliphatic heterocycles. The zero-order chi connectivity index (χ0) is 23.9. The van der Waals surface area contributed by atoms with Gasteiger partial charge in [0, 0.05) is 17.8 Å². The molecule has 0 aromatic heterocycles. The molecule has 0 spiro atoms. The number of nitrogens with zero attached hydrogens (tertiary/aromatic N) is 1. The Morgan fingerprint density at radius 1 is 0.912 bits per heavy atom. The number of carbonyl (C=O) groups is 1. The second-order valence-electron chi connectivity index (χ2n) is 7.29. The van der Waals surface area contributed by atoms with E-state index >= 15 is 0 Å². The number of aldehydes is 1. The summed E-state index contributed by atoms with van der Waals surface area (Å²) in [4.78, 5) is 15.9. The van der Waals surface area contributed by atoms with Gasteiger partial charge in [-0.3, -0.25) is 4.79 Å². The second kappa shape index (κ2) is 10.9. The summed E-state index contributed by atoms with van der Waals surface area (Å²) in [6.07, 6.45) is 0.670.